The highest BCUT2D eigenvalue weighted by Crippen LogP contribution is 2.52. The fourth-order valence-electron chi connectivity index (χ4n) is 4.55. The molecule has 27 heavy (non-hydrogen) atoms. The van der Waals surface area contributed by atoms with Gasteiger partial charge in [0.05, 0.1) is 17.9 Å². The molecule has 0 spiro atoms. The third-order valence-electron chi connectivity index (χ3n) is 5.79. The predicted octanol–water partition coefficient (Wildman–Crippen LogP) is 1.54. The van der Waals surface area contributed by atoms with E-state index in [9.17, 15) is 19.5 Å². The van der Waals surface area contributed by atoms with Gasteiger partial charge in [0.15, 0.2) is 0 Å². The molecular weight excluding hydrogens is 352 g/mol. The molecule has 1 saturated heterocycles. The molecule has 1 unspecified atom stereocenters. The molecule has 7 atom stereocenters. The maximum absolute atomic E-state index is 12.2. The quantitative estimate of drug-likeness (QED) is 0.344. The first-order chi connectivity index (χ1) is 12.6. The summed E-state index contributed by atoms with van der Waals surface area (Å²) in [5.74, 6) is -2.87. The van der Waals surface area contributed by atoms with Crippen molar-refractivity contribution in [3.8, 4) is 0 Å². The Hall–Kier alpha value is -2.15. The zero-order valence-electron chi connectivity index (χ0n) is 15.8. The highest BCUT2D eigenvalue weighted by Gasteiger charge is 2.59. The molecular formula is C20H26O7. The van der Waals surface area contributed by atoms with E-state index in [4.69, 9.17) is 14.2 Å². The minimum Gasteiger partial charge on any atom is -0.461 e. The number of esters is 3. The maximum atomic E-state index is 12.2. The smallest absolute Gasteiger partial charge is 0.334 e. The van der Waals surface area contributed by atoms with Crippen LogP contribution in [0.3, 0.4) is 0 Å². The number of rotatable bonds is 3. The molecule has 0 aromatic heterocycles. The van der Waals surface area contributed by atoms with E-state index < -0.39 is 48.2 Å². The highest BCUT2D eigenvalue weighted by molar-refractivity contribution is 5.91. The van der Waals surface area contributed by atoms with Gasteiger partial charge in [0.1, 0.15) is 18.3 Å². The monoisotopic (exact) mass is 378 g/mol. The summed E-state index contributed by atoms with van der Waals surface area (Å²) in [6.07, 6.45) is -2.28. The van der Waals surface area contributed by atoms with E-state index in [1.165, 1.54) is 6.92 Å². The normalized spacial score (nSPS) is 38.1. The van der Waals surface area contributed by atoms with Crippen LogP contribution < -0.4 is 0 Å². The van der Waals surface area contributed by atoms with Crippen molar-refractivity contribution in [1.82, 2.24) is 0 Å². The largest absolute Gasteiger partial charge is 0.461 e. The summed E-state index contributed by atoms with van der Waals surface area (Å²) in [4.78, 5) is 35.7. The van der Waals surface area contributed by atoms with Gasteiger partial charge < -0.3 is 19.3 Å². The lowest BCUT2D eigenvalue weighted by molar-refractivity contribution is -0.178. The molecule has 3 fully saturated rings. The number of fused-ring (bicyclic) bond motifs is 3. The van der Waals surface area contributed by atoms with E-state index in [1.54, 1.807) is 13.8 Å². The van der Waals surface area contributed by atoms with E-state index in [0.29, 0.717) is 12.8 Å². The summed E-state index contributed by atoms with van der Waals surface area (Å²) in [5.41, 5.74) is 1.03. The number of carbonyl (C=O) groups is 3. The molecule has 7 heteroatoms. The van der Waals surface area contributed by atoms with Gasteiger partial charge in [-0.2, -0.15) is 0 Å². The van der Waals surface area contributed by atoms with Gasteiger partial charge in [-0.25, -0.2) is 4.79 Å². The fraction of sp³-hybridized carbons (Fsp3) is 0.650. The summed E-state index contributed by atoms with van der Waals surface area (Å²) in [7, 11) is 0. The van der Waals surface area contributed by atoms with Crippen LogP contribution in [0.1, 0.15) is 33.6 Å². The van der Waals surface area contributed by atoms with E-state index in [0.717, 1.165) is 5.57 Å². The van der Waals surface area contributed by atoms with Crippen molar-refractivity contribution in [3.63, 3.8) is 0 Å². The molecule has 3 rings (SSSR count). The molecule has 2 aliphatic carbocycles. The minimum atomic E-state index is -0.960. The van der Waals surface area contributed by atoms with Crippen molar-refractivity contribution in [3.05, 3.63) is 24.3 Å². The molecule has 0 radical (unpaired) electrons. The summed E-state index contributed by atoms with van der Waals surface area (Å²) in [6, 6.07) is 0. The van der Waals surface area contributed by atoms with Crippen molar-refractivity contribution >= 4 is 17.9 Å². The molecule has 0 bridgehead atoms. The van der Waals surface area contributed by atoms with Gasteiger partial charge in [-0.1, -0.05) is 32.6 Å². The van der Waals surface area contributed by atoms with Crippen molar-refractivity contribution < 1.29 is 33.7 Å². The summed E-state index contributed by atoms with van der Waals surface area (Å²) in [5, 5.41) is 10.8. The van der Waals surface area contributed by atoms with E-state index in [1.807, 2.05) is 0 Å². The Bertz CT molecular complexity index is 694. The Balaban J connectivity index is 1.92. The first-order valence-corrected chi connectivity index (χ1v) is 9.25. The molecule has 0 aromatic rings. The van der Waals surface area contributed by atoms with Gasteiger partial charge in [0.25, 0.3) is 0 Å². The van der Waals surface area contributed by atoms with Crippen molar-refractivity contribution in [2.45, 2.75) is 58.0 Å². The molecule has 0 aromatic carbocycles. The Kier molecular flexibility index (Phi) is 5.16. The molecule has 0 amide bonds. The van der Waals surface area contributed by atoms with E-state index >= 15 is 0 Å². The van der Waals surface area contributed by atoms with Gasteiger partial charge in [-0.05, 0) is 6.42 Å². The maximum Gasteiger partial charge on any atom is 0.334 e. The average Bonchev–Trinajstić information content (AvgIpc) is 2.86. The summed E-state index contributed by atoms with van der Waals surface area (Å²) in [6.45, 7) is 12.7. The molecule has 1 N–H and O–H groups in total. The standard InChI is InChI=1S/C20H26O7/c1-8(2)19(23)26-13-7-12-15(18-16(13)10(4)20(24)27-18)9(3)6-14(17(12)22)25-11(5)21/h8,12-18,22H,3-4,6-7H2,1-2,5H3/t12?,13-,14-,15+,16-,17+,18-/m1/s1. The van der Waals surface area contributed by atoms with Crippen LogP contribution in [0.5, 0.6) is 0 Å². The molecule has 148 valence electrons. The second-order valence-electron chi connectivity index (χ2n) is 7.98. The number of ether oxygens (including phenoxy) is 3. The van der Waals surface area contributed by atoms with Crippen molar-refractivity contribution in [2.75, 3.05) is 0 Å². The van der Waals surface area contributed by atoms with Crippen LogP contribution in [0.15, 0.2) is 24.3 Å². The number of hydrogen-bond acceptors (Lipinski definition) is 7. The van der Waals surface area contributed by atoms with E-state index in [-0.39, 0.29) is 23.4 Å². The third kappa shape index (κ3) is 3.40. The van der Waals surface area contributed by atoms with Crippen LogP contribution in [-0.2, 0) is 28.6 Å². The van der Waals surface area contributed by atoms with Gasteiger partial charge >= 0.3 is 17.9 Å². The lowest BCUT2D eigenvalue weighted by Gasteiger charge is -2.49. The van der Waals surface area contributed by atoms with Crippen LogP contribution in [0.4, 0.5) is 0 Å². The fourth-order valence-corrected chi connectivity index (χ4v) is 4.55. The topological polar surface area (TPSA) is 99.1 Å². The second kappa shape index (κ2) is 7.11. The second-order valence-corrected chi connectivity index (χ2v) is 7.98. The summed E-state index contributed by atoms with van der Waals surface area (Å²) < 4.78 is 16.4. The Morgan fingerprint density at radius 1 is 1.19 bits per heavy atom. The number of hydrogen-bond donors (Lipinski definition) is 1. The summed E-state index contributed by atoms with van der Waals surface area (Å²) >= 11 is 0. The number of aliphatic hydroxyl groups is 1. The van der Waals surface area contributed by atoms with Gasteiger partial charge in [0, 0.05) is 30.8 Å². The van der Waals surface area contributed by atoms with Crippen LogP contribution >= 0.6 is 0 Å². The van der Waals surface area contributed by atoms with Crippen LogP contribution in [0, 0.1) is 23.7 Å². The van der Waals surface area contributed by atoms with E-state index in [2.05, 4.69) is 13.2 Å². The van der Waals surface area contributed by atoms with Crippen molar-refractivity contribution in [1.29, 1.82) is 0 Å². The molecule has 1 heterocycles. The molecule has 7 nitrogen and oxygen atoms in total. The van der Waals surface area contributed by atoms with Crippen LogP contribution in [0.2, 0.25) is 0 Å². The van der Waals surface area contributed by atoms with Gasteiger partial charge in [-0.15, -0.1) is 0 Å². The third-order valence-corrected chi connectivity index (χ3v) is 5.79. The Morgan fingerprint density at radius 3 is 2.44 bits per heavy atom. The van der Waals surface area contributed by atoms with Gasteiger partial charge in [-0.3, -0.25) is 9.59 Å². The Labute approximate surface area is 158 Å². The highest BCUT2D eigenvalue weighted by atomic mass is 16.6. The first kappa shape index (κ1) is 19.6. The first-order valence-electron chi connectivity index (χ1n) is 9.25. The predicted molar refractivity (Wildman–Crippen MR) is 94.1 cm³/mol. The number of carbonyl (C=O) groups excluding carboxylic acids is 3. The van der Waals surface area contributed by atoms with Gasteiger partial charge in [0.2, 0.25) is 0 Å². The Morgan fingerprint density at radius 2 is 1.85 bits per heavy atom. The number of aliphatic hydroxyl groups excluding tert-OH is 1. The van der Waals surface area contributed by atoms with Crippen LogP contribution in [-0.4, -0.2) is 47.4 Å². The molecule has 2 saturated carbocycles. The zero-order valence-corrected chi connectivity index (χ0v) is 15.8. The van der Waals surface area contributed by atoms with Crippen LogP contribution in [0.25, 0.3) is 0 Å². The molecule has 1 aliphatic heterocycles. The molecule has 3 aliphatic rings. The average molecular weight is 378 g/mol. The SMILES string of the molecule is C=C1C(=O)O[C@H]2[C@H]1[C@H](OC(=O)C(C)C)CC1[C@H](O)[C@H](OC(C)=O)CC(=C)[C@@H]12. The zero-order chi connectivity index (χ0) is 20.0. The van der Waals surface area contributed by atoms with Crippen molar-refractivity contribution in [2.24, 2.45) is 23.7 Å². The lowest BCUT2D eigenvalue weighted by atomic mass is 9.60. The minimum absolute atomic E-state index is 0.282. The lowest BCUT2D eigenvalue weighted by Crippen LogP contribution is -2.56.